The van der Waals surface area contributed by atoms with Crippen LogP contribution in [-0.4, -0.2) is 96.7 Å². The molecule has 97 heavy (non-hydrogen) atoms. The van der Waals surface area contributed by atoms with Crippen molar-refractivity contribution >= 4 is 39.5 Å². The lowest BCUT2D eigenvalue weighted by molar-refractivity contribution is -0.161. The number of carbonyl (C=O) groups excluding carboxylic acids is 4. The summed E-state index contributed by atoms with van der Waals surface area (Å²) in [5, 5.41) is 10.6. The Morgan fingerprint density at radius 3 is 0.732 bits per heavy atom. The average Bonchev–Trinajstić information content (AvgIpc) is 1.28. The molecule has 0 amide bonds. The summed E-state index contributed by atoms with van der Waals surface area (Å²) in [6.07, 6.45) is 52.5. The highest BCUT2D eigenvalue weighted by molar-refractivity contribution is 7.47. The zero-order valence-electron chi connectivity index (χ0n) is 63.7. The summed E-state index contributed by atoms with van der Waals surface area (Å²) in [5.41, 5.74) is 0. The van der Waals surface area contributed by atoms with Gasteiger partial charge in [0.2, 0.25) is 0 Å². The molecular weight excluding hydrogens is 1270 g/mol. The third-order valence-corrected chi connectivity index (χ3v) is 20.7. The van der Waals surface area contributed by atoms with Gasteiger partial charge in [0, 0.05) is 25.7 Å². The van der Waals surface area contributed by atoms with E-state index in [0.29, 0.717) is 25.7 Å². The number of hydrogen-bond donors (Lipinski definition) is 3. The molecule has 0 aliphatic carbocycles. The molecule has 0 spiro atoms. The average molecular weight is 1420 g/mol. The molecule has 0 aliphatic heterocycles. The first-order valence-corrected chi connectivity index (χ1v) is 43.3. The monoisotopic (exact) mass is 1420 g/mol. The van der Waals surface area contributed by atoms with Crippen LogP contribution in [0.15, 0.2) is 0 Å². The lowest BCUT2D eigenvalue weighted by atomic mass is 9.99. The third-order valence-electron chi connectivity index (χ3n) is 18.8. The normalized spacial score (nSPS) is 14.6. The van der Waals surface area contributed by atoms with Gasteiger partial charge in [0.05, 0.1) is 26.4 Å². The number of ether oxygens (including phenoxy) is 4. The van der Waals surface area contributed by atoms with E-state index in [1.54, 1.807) is 0 Å². The van der Waals surface area contributed by atoms with Crippen molar-refractivity contribution in [3.8, 4) is 0 Å². The molecule has 3 N–H and O–H groups in total. The van der Waals surface area contributed by atoms with E-state index >= 15 is 0 Å². The molecule has 7 atom stereocenters. The second-order valence-corrected chi connectivity index (χ2v) is 32.4. The van der Waals surface area contributed by atoms with E-state index in [-0.39, 0.29) is 25.7 Å². The highest BCUT2D eigenvalue weighted by Crippen LogP contribution is 2.45. The Morgan fingerprint density at radius 2 is 0.495 bits per heavy atom. The van der Waals surface area contributed by atoms with Crippen LogP contribution in [0.5, 0.6) is 0 Å². The molecule has 4 unspecified atom stereocenters. The van der Waals surface area contributed by atoms with Crippen molar-refractivity contribution in [1.82, 2.24) is 0 Å². The van der Waals surface area contributed by atoms with Crippen molar-refractivity contribution in [2.75, 3.05) is 39.6 Å². The smallest absolute Gasteiger partial charge is 0.462 e. The van der Waals surface area contributed by atoms with Crippen LogP contribution in [0.3, 0.4) is 0 Å². The zero-order valence-corrected chi connectivity index (χ0v) is 65.5. The van der Waals surface area contributed by atoms with Crippen LogP contribution in [0.4, 0.5) is 0 Å². The molecule has 0 rings (SSSR count). The van der Waals surface area contributed by atoms with Crippen LogP contribution in [0.1, 0.15) is 396 Å². The molecule has 0 aromatic carbocycles. The van der Waals surface area contributed by atoms with E-state index in [0.717, 1.165) is 114 Å². The summed E-state index contributed by atoms with van der Waals surface area (Å²) >= 11 is 0. The molecule has 0 aromatic heterocycles. The number of phosphoric acid groups is 2. The molecule has 0 radical (unpaired) electrons. The maximum atomic E-state index is 13.1. The van der Waals surface area contributed by atoms with Gasteiger partial charge in [0.15, 0.2) is 12.2 Å². The van der Waals surface area contributed by atoms with Crippen LogP contribution < -0.4 is 0 Å². The van der Waals surface area contributed by atoms with Gasteiger partial charge in [-0.15, -0.1) is 0 Å². The molecule has 576 valence electrons. The second-order valence-electron chi connectivity index (χ2n) is 29.5. The number of rotatable bonds is 75. The molecule has 19 heteroatoms. The summed E-state index contributed by atoms with van der Waals surface area (Å²) in [7, 11) is -9.92. The summed E-state index contributed by atoms with van der Waals surface area (Å²) in [6.45, 7) is 14.3. The van der Waals surface area contributed by atoms with Crippen LogP contribution in [0.25, 0.3) is 0 Å². The molecule has 0 saturated carbocycles. The van der Waals surface area contributed by atoms with Crippen molar-refractivity contribution in [2.24, 2.45) is 23.7 Å². The summed E-state index contributed by atoms with van der Waals surface area (Å²) < 4.78 is 68.6. The van der Waals surface area contributed by atoms with E-state index in [1.807, 2.05) is 0 Å². The Hall–Kier alpha value is -1.94. The van der Waals surface area contributed by atoms with E-state index in [9.17, 15) is 43.2 Å². The first-order valence-electron chi connectivity index (χ1n) is 40.3. The fourth-order valence-electron chi connectivity index (χ4n) is 11.8. The quantitative estimate of drug-likeness (QED) is 0.0222. The molecule has 0 heterocycles. The Kier molecular flexibility index (Phi) is 65.9. The number of carbonyl (C=O) groups is 4. The van der Waals surface area contributed by atoms with Crippen molar-refractivity contribution < 1.29 is 80.2 Å². The SMILES string of the molecule is CCC(C)CCCCCCCCCCCCC(=O)O[C@H](COC(=O)CCCCCCCCCCC(C)CC)COP(=O)(O)OC[C@H](O)COP(=O)(O)OC[C@@H](COC(=O)CCCCCCCCCCCCCC(C)C)OC(=O)CCCCCCCCCCCCCCCCC(C)C. The molecule has 0 fully saturated rings. The van der Waals surface area contributed by atoms with Gasteiger partial charge in [-0.05, 0) is 49.4 Å². The standard InChI is InChI=1S/C78H152O17P2/c1-9-70(7)56-48-40-32-24-20-21-27-37-45-53-61-78(83)95-74(65-89-76(81)59-51-43-35-29-28-33-41-49-57-71(8)10-2)67-93-97(86,87)91-63-72(79)62-90-96(84,85)92-66-73(64-88-75(80)58-50-42-34-25-19-15-17-23-31-39-47-55-69(5)6)94-77(82)60-52-44-36-26-18-14-12-11-13-16-22-30-38-46-54-68(3)4/h68-74,79H,9-67H2,1-8H3,(H,84,85)(H,86,87)/t70?,71?,72-,73-,74-/m1/s1. The van der Waals surface area contributed by atoms with Crippen LogP contribution >= 0.6 is 15.6 Å². The fourth-order valence-corrected chi connectivity index (χ4v) is 13.4. The number of aliphatic hydroxyl groups excluding tert-OH is 1. The minimum absolute atomic E-state index is 0.105. The van der Waals surface area contributed by atoms with E-state index in [1.165, 1.54) is 199 Å². The maximum Gasteiger partial charge on any atom is 0.472 e. The summed E-state index contributed by atoms with van der Waals surface area (Å²) in [5.74, 6) is 1.03. The lowest BCUT2D eigenvalue weighted by Gasteiger charge is -2.21. The molecule has 17 nitrogen and oxygen atoms in total. The second kappa shape index (κ2) is 67.2. The fraction of sp³-hybridized carbons (Fsp3) is 0.949. The third kappa shape index (κ3) is 69.5. The number of unbranched alkanes of at least 4 members (excludes halogenated alkanes) is 39. The molecule has 0 saturated heterocycles. The van der Waals surface area contributed by atoms with Crippen molar-refractivity contribution in [3.05, 3.63) is 0 Å². The topological polar surface area (TPSA) is 237 Å². The number of phosphoric ester groups is 2. The Labute approximate surface area is 594 Å². The van der Waals surface area contributed by atoms with E-state index in [2.05, 4.69) is 55.4 Å². The van der Waals surface area contributed by atoms with Crippen LogP contribution in [0, 0.1) is 23.7 Å². The highest BCUT2D eigenvalue weighted by Gasteiger charge is 2.30. The predicted octanol–water partition coefficient (Wildman–Crippen LogP) is 22.8. The lowest BCUT2D eigenvalue weighted by Crippen LogP contribution is -2.30. The van der Waals surface area contributed by atoms with Crippen LogP contribution in [-0.2, 0) is 65.4 Å². The van der Waals surface area contributed by atoms with Gasteiger partial charge in [0.1, 0.15) is 19.3 Å². The number of hydrogen-bond acceptors (Lipinski definition) is 15. The summed E-state index contributed by atoms with van der Waals surface area (Å²) in [4.78, 5) is 73.0. The van der Waals surface area contributed by atoms with Gasteiger partial charge in [0.25, 0.3) is 0 Å². The highest BCUT2D eigenvalue weighted by atomic mass is 31.2. The van der Waals surface area contributed by atoms with Crippen molar-refractivity contribution in [2.45, 2.75) is 414 Å². The van der Waals surface area contributed by atoms with Gasteiger partial charge >= 0.3 is 39.5 Å². The van der Waals surface area contributed by atoms with Gasteiger partial charge in [-0.25, -0.2) is 9.13 Å². The molecule has 0 bridgehead atoms. The van der Waals surface area contributed by atoms with Crippen molar-refractivity contribution in [3.63, 3.8) is 0 Å². The van der Waals surface area contributed by atoms with Gasteiger partial charge < -0.3 is 33.8 Å². The van der Waals surface area contributed by atoms with Crippen LogP contribution in [0.2, 0.25) is 0 Å². The molecule has 0 aromatic rings. The predicted molar refractivity (Wildman–Crippen MR) is 395 cm³/mol. The first-order chi connectivity index (χ1) is 46.7. The number of esters is 4. The van der Waals surface area contributed by atoms with Gasteiger partial charge in [-0.1, -0.05) is 344 Å². The van der Waals surface area contributed by atoms with Gasteiger partial charge in [-0.2, -0.15) is 0 Å². The minimum Gasteiger partial charge on any atom is -0.462 e. The number of aliphatic hydroxyl groups is 1. The summed E-state index contributed by atoms with van der Waals surface area (Å²) in [6, 6.07) is 0. The Bertz CT molecular complexity index is 1910. The molecule has 0 aliphatic rings. The van der Waals surface area contributed by atoms with E-state index < -0.39 is 97.5 Å². The zero-order chi connectivity index (χ0) is 71.7. The maximum absolute atomic E-state index is 13.1. The first kappa shape index (κ1) is 95.1. The Morgan fingerprint density at radius 1 is 0.289 bits per heavy atom. The largest absolute Gasteiger partial charge is 0.472 e. The minimum atomic E-state index is -4.96. The van der Waals surface area contributed by atoms with Gasteiger partial charge in [-0.3, -0.25) is 37.3 Å². The molecular formula is C78H152O17P2. The van der Waals surface area contributed by atoms with Crippen molar-refractivity contribution in [1.29, 1.82) is 0 Å². The van der Waals surface area contributed by atoms with E-state index in [4.69, 9.17) is 37.0 Å². The Balaban J connectivity index is 5.28.